The Morgan fingerprint density at radius 1 is 1.11 bits per heavy atom. The van der Waals surface area contributed by atoms with E-state index < -0.39 is 23.7 Å². The van der Waals surface area contributed by atoms with Gasteiger partial charge in [0.2, 0.25) is 0 Å². The summed E-state index contributed by atoms with van der Waals surface area (Å²) in [7, 11) is 3.84. The molecule has 2 rings (SSSR count). The molecule has 1 heterocycles. The SMILES string of the molecule is CC(=O)C1=C(O)C(=O)N(CCCCCC(=O)O)[C@@H]1c1ccc(N(C)C)cc1. The van der Waals surface area contributed by atoms with Crippen LogP contribution < -0.4 is 4.90 Å². The van der Waals surface area contributed by atoms with Crippen LogP contribution in [0.1, 0.15) is 44.2 Å². The average Bonchev–Trinajstić information content (AvgIpc) is 2.86. The van der Waals surface area contributed by atoms with Crippen molar-refractivity contribution in [2.24, 2.45) is 0 Å². The minimum absolute atomic E-state index is 0.0889. The molecule has 1 aromatic carbocycles. The summed E-state index contributed by atoms with van der Waals surface area (Å²) in [6.07, 6.45) is 1.87. The van der Waals surface area contributed by atoms with Crippen LogP contribution in [0.25, 0.3) is 0 Å². The molecule has 7 heteroatoms. The first-order chi connectivity index (χ1) is 12.7. The maximum atomic E-state index is 12.5. The van der Waals surface area contributed by atoms with Crippen LogP contribution in [0.5, 0.6) is 0 Å². The maximum Gasteiger partial charge on any atom is 0.303 e. The second-order valence-corrected chi connectivity index (χ2v) is 6.91. The third-order valence-corrected chi connectivity index (χ3v) is 4.70. The molecule has 27 heavy (non-hydrogen) atoms. The zero-order valence-corrected chi connectivity index (χ0v) is 15.9. The summed E-state index contributed by atoms with van der Waals surface area (Å²) in [5.74, 6) is -2.23. The van der Waals surface area contributed by atoms with E-state index >= 15 is 0 Å². The van der Waals surface area contributed by atoms with Crippen molar-refractivity contribution in [3.05, 3.63) is 41.2 Å². The van der Waals surface area contributed by atoms with Gasteiger partial charge >= 0.3 is 5.97 Å². The van der Waals surface area contributed by atoms with Gasteiger partial charge in [0.15, 0.2) is 11.5 Å². The number of carbonyl (C=O) groups excluding carboxylic acids is 2. The second kappa shape index (κ2) is 8.70. The molecule has 1 aliphatic heterocycles. The molecule has 1 aliphatic rings. The molecule has 2 N–H and O–H groups in total. The van der Waals surface area contributed by atoms with Crippen molar-refractivity contribution in [3.8, 4) is 0 Å². The van der Waals surface area contributed by atoms with Gasteiger partial charge in [0, 0.05) is 32.7 Å². The van der Waals surface area contributed by atoms with Crippen molar-refractivity contribution in [1.82, 2.24) is 4.90 Å². The summed E-state index contributed by atoms with van der Waals surface area (Å²) in [5.41, 5.74) is 1.86. The summed E-state index contributed by atoms with van der Waals surface area (Å²) >= 11 is 0. The lowest BCUT2D eigenvalue weighted by Gasteiger charge is -2.27. The van der Waals surface area contributed by atoms with Gasteiger partial charge in [-0.3, -0.25) is 14.4 Å². The van der Waals surface area contributed by atoms with E-state index in [0.717, 1.165) is 11.3 Å². The Labute approximate surface area is 158 Å². The highest BCUT2D eigenvalue weighted by molar-refractivity contribution is 6.08. The highest BCUT2D eigenvalue weighted by Crippen LogP contribution is 2.38. The molecule has 0 fully saturated rings. The molecule has 1 atom stereocenters. The fourth-order valence-corrected chi connectivity index (χ4v) is 3.28. The van der Waals surface area contributed by atoms with E-state index in [1.807, 2.05) is 43.3 Å². The third kappa shape index (κ3) is 4.67. The first-order valence-electron chi connectivity index (χ1n) is 8.98. The number of unbranched alkanes of at least 4 members (excludes halogenated alkanes) is 2. The van der Waals surface area contributed by atoms with Crippen LogP contribution in [0.15, 0.2) is 35.6 Å². The molecule has 1 aromatic rings. The third-order valence-electron chi connectivity index (χ3n) is 4.70. The number of hydrogen-bond donors (Lipinski definition) is 2. The van der Waals surface area contributed by atoms with E-state index in [2.05, 4.69) is 0 Å². The molecule has 0 radical (unpaired) electrons. The number of aliphatic carboxylic acids is 1. The van der Waals surface area contributed by atoms with Gasteiger partial charge in [0.05, 0.1) is 11.6 Å². The zero-order valence-electron chi connectivity index (χ0n) is 15.9. The number of aliphatic hydroxyl groups excluding tert-OH is 1. The Bertz CT molecular complexity index is 752. The van der Waals surface area contributed by atoms with Crippen molar-refractivity contribution in [1.29, 1.82) is 0 Å². The van der Waals surface area contributed by atoms with E-state index in [9.17, 15) is 19.5 Å². The van der Waals surface area contributed by atoms with Crippen LogP contribution in [0.4, 0.5) is 5.69 Å². The minimum atomic E-state index is -0.843. The zero-order chi connectivity index (χ0) is 20.1. The van der Waals surface area contributed by atoms with Crippen LogP contribution in [0, 0.1) is 0 Å². The topological polar surface area (TPSA) is 98.2 Å². The first-order valence-corrected chi connectivity index (χ1v) is 8.98. The lowest BCUT2D eigenvalue weighted by molar-refractivity contribution is -0.137. The monoisotopic (exact) mass is 374 g/mol. The number of carboxylic acid groups (broad SMARTS) is 1. The van der Waals surface area contributed by atoms with Crippen LogP contribution in [-0.2, 0) is 14.4 Å². The van der Waals surface area contributed by atoms with Gasteiger partial charge in [-0.05, 0) is 37.5 Å². The summed E-state index contributed by atoms with van der Waals surface area (Å²) in [6.45, 7) is 1.69. The normalized spacial score (nSPS) is 16.8. The van der Waals surface area contributed by atoms with E-state index in [-0.39, 0.29) is 17.8 Å². The Morgan fingerprint density at radius 2 is 1.74 bits per heavy atom. The summed E-state index contributed by atoms with van der Waals surface area (Å²) in [5, 5.41) is 18.9. The maximum absolute atomic E-state index is 12.5. The van der Waals surface area contributed by atoms with Crippen LogP contribution >= 0.6 is 0 Å². The van der Waals surface area contributed by atoms with Crippen molar-refractivity contribution in [2.75, 3.05) is 25.5 Å². The number of carbonyl (C=O) groups is 3. The Morgan fingerprint density at radius 3 is 2.26 bits per heavy atom. The average molecular weight is 374 g/mol. The second-order valence-electron chi connectivity index (χ2n) is 6.91. The van der Waals surface area contributed by atoms with Crippen LogP contribution in [0.3, 0.4) is 0 Å². The van der Waals surface area contributed by atoms with Gasteiger partial charge < -0.3 is 20.0 Å². The fourth-order valence-electron chi connectivity index (χ4n) is 3.28. The molecule has 146 valence electrons. The fraction of sp³-hybridized carbons (Fsp3) is 0.450. The predicted molar refractivity (Wildman–Crippen MR) is 102 cm³/mol. The van der Waals surface area contributed by atoms with E-state index in [0.29, 0.717) is 25.8 Å². The quantitative estimate of drug-likeness (QED) is 0.645. The van der Waals surface area contributed by atoms with Crippen molar-refractivity contribution in [2.45, 2.75) is 38.6 Å². The van der Waals surface area contributed by atoms with Gasteiger partial charge in [0.25, 0.3) is 5.91 Å². The predicted octanol–water partition coefficient (Wildman–Crippen LogP) is 2.68. The molecule has 0 bridgehead atoms. The summed E-state index contributed by atoms with van der Waals surface area (Å²) in [4.78, 5) is 38.6. The molecule has 0 unspecified atom stereocenters. The van der Waals surface area contributed by atoms with Crippen LogP contribution in [0.2, 0.25) is 0 Å². The number of carboxylic acids is 1. The first kappa shape index (κ1) is 20.5. The number of nitrogens with zero attached hydrogens (tertiary/aromatic N) is 2. The smallest absolute Gasteiger partial charge is 0.303 e. The number of benzene rings is 1. The minimum Gasteiger partial charge on any atom is -0.503 e. The summed E-state index contributed by atoms with van der Waals surface area (Å²) in [6, 6.07) is 6.89. The summed E-state index contributed by atoms with van der Waals surface area (Å²) < 4.78 is 0. The van der Waals surface area contributed by atoms with E-state index in [1.165, 1.54) is 11.8 Å². The Hall–Kier alpha value is -2.83. The number of ketones is 1. The number of aliphatic hydroxyl groups is 1. The number of rotatable bonds is 9. The van der Waals surface area contributed by atoms with Crippen LogP contribution in [-0.4, -0.2) is 53.4 Å². The molecule has 0 saturated carbocycles. The molecule has 0 spiro atoms. The molecule has 0 aromatic heterocycles. The van der Waals surface area contributed by atoms with Gasteiger partial charge in [-0.25, -0.2) is 0 Å². The van der Waals surface area contributed by atoms with E-state index in [1.54, 1.807) is 0 Å². The number of amides is 1. The molecular weight excluding hydrogens is 348 g/mol. The Kier molecular flexibility index (Phi) is 6.60. The highest BCUT2D eigenvalue weighted by atomic mass is 16.4. The van der Waals surface area contributed by atoms with Gasteiger partial charge in [-0.15, -0.1) is 0 Å². The molecule has 0 aliphatic carbocycles. The van der Waals surface area contributed by atoms with Gasteiger partial charge in [-0.2, -0.15) is 0 Å². The molecule has 7 nitrogen and oxygen atoms in total. The highest BCUT2D eigenvalue weighted by Gasteiger charge is 2.41. The van der Waals surface area contributed by atoms with E-state index in [4.69, 9.17) is 5.11 Å². The van der Waals surface area contributed by atoms with Gasteiger partial charge in [0.1, 0.15) is 0 Å². The molecular formula is C20H26N2O5. The lowest BCUT2D eigenvalue weighted by Crippen LogP contribution is -2.32. The molecule has 0 saturated heterocycles. The van der Waals surface area contributed by atoms with Crippen molar-refractivity contribution < 1.29 is 24.6 Å². The van der Waals surface area contributed by atoms with Crippen molar-refractivity contribution in [3.63, 3.8) is 0 Å². The van der Waals surface area contributed by atoms with Crippen molar-refractivity contribution >= 4 is 23.3 Å². The number of hydrogen-bond acceptors (Lipinski definition) is 5. The standard InChI is InChI=1S/C20H26N2O5/c1-13(23)17-18(14-8-10-15(11-9-14)21(2)3)22(20(27)19(17)26)12-6-4-5-7-16(24)25/h8-11,18,26H,4-7,12H2,1-3H3,(H,24,25)/t18-/m1/s1. The number of anilines is 1. The van der Waals surface area contributed by atoms with Gasteiger partial charge in [-0.1, -0.05) is 18.6 Å². The largest absolute Gasteiger partial charge is 0.503 e. The number of Topliss-reactive ketones (excluding diaryl/α,β-unsaturated/α-hetero) is 1. The lowest BCUT2D eigenvalue weighted by atomic mass is 9.96. The molecule has 1 amide bonds. The Balaban J connectivity index is 2.22.